The van der Waals surface area contributed by atoms with Gasteiger partial charge in [0.25, 0.3) is 0 Å². The molecule has 0 unspecified atom stereocenters. The van der Waals surface area contributed by atoms with Crippen LogP contribution in [0.3, 0.4) is 0 Å². The van der Waals surface area contributed by atoms with Crippen LogP contribution < -0.4 is 0 Å². The Labute approximate surface area is 137 Å². The summed E-state index contributed by atoms with van der Waals surface area (Å²) in [5.74, 6) is -0.172. The standard InChI is InChI=1S/C19H23FN2O/c1-19(2,3)18(23)22(14-15-7-6-11-21-13-15)12-10-16-8-4-5-9-17(16)20/h4-9,11,13H,10,12,14H2,1-3H3. The third-order valence-electron chi connectivity index (χ3n) is 3.63. The summed E-state index contributed by atoms with van der Waals surface area (Å²) in [5.41, 5.74) is 1.13. The van der Waals surface area contributed by atoms with Gasteiger partial charge in [0.15, 0.2) is 0 Å². The van der Waals surface area contributed by atoms with Crippen LogP contribution in [0.1, 0.15) is 31.9 Å². The van der Waals surface area contributed by atoms with Crippen molar-refractivity contribution < 1.29 is 9.18 Å². The Morgan fingerprint density at radius 3 is 2.52 bits per heavy atom. The van der Waals surface area contributed by atoms with Crippen molar-refractivity contribution in [3.8, 4) is 0 Å². The topological polar surface area (TPSA) is 33.2 Å². The summed E-state index contributed by atoms with van der Waals surface area (Å²) < 4.78 is 13.8. The first-order chi connectivity index (χ1) is 10.9. The van der Waals surface area contributed by atoms with Crippen LogP contribution in [-0.2, 0) is 17.8 Å². The van der Waals surface area contributed by atoms with E-state index in [1.54, 1.807) is 29.4 Å². The molecule has 3 nitrogen and oxygen atoms in total. The normalized spacial score (nSPS) is 11.3. The first-order valence-corrected chi connectivity index (χ1v) is 7.79. The number of hydrogen-bond acceptors (Lipinski definition) is 2. The van der Waals surface area contributed by atoms with Gasteiger partial charge in [-0.1, -0.05) is 45.0 Å². The Hall–Kier alpha value is -2.23. The van der Waals surface area contributed by atoms with Crippen molar-refractivity contribution >= 4 is 5.91 Å². The smallest absolute Gasteiger partial charge is 0.228 e. The quantitative estimate of drug-likeness (QED) is 0.840. The van der Waals surface area contributed by atoms with E-state index in [-0.39, 0.29) is 11.7 Å². The first-order valence-electron chi connectivity index (χ1n) is 7.79. The number of pyridine rings is 1. The lowest BCUT2D eigenvalue weighted by atomic mass is 9.94. The third kappa shape index (κ3) is 4.88. The van der Waals surface area contributed by atoms with Crippen LogP contribution in [0.2, 0.25) is 0 Å². The van der Waals surface area contributed by atoms with Crippen LogP contribution in [-0.4, -0.2) is 22.3 Å². The highest BCUT2D eigenvalue weighted by molar-refractivity contribution is 5.81. The van der Waals surface area contributed by atoms with Gasteiger partial charge in [-0.25, -0.2) is 4.39 Å². The summed E-state index contributed by atoms with van der Waals surface area (Å²) in [7, 11) is 0. The van der Waals surface area contributed by atoms with E-state index >= 15 is 0 Å². The lowest BCUT2D eigenvalue weighted by molar-refractivity contribution is -0.140. The highest BCUT2D eigenvalue weighted by Gasteiger charge is 2.27. The number of carbonyl (C=O) groups is 1. The number of benzene rings is 1. The molecule has 2 rings (SSSR count). The van der Waals surface area contributed by atoms with Crippen LogP contribution in [0, 0.1) is 11.2 Å². The maximum Gasteiger partial charge on any atom is 0.228 e. The molecule has 1 aromatic heterocycles. The predicted molar refractivity (Wildman–Crippen MR) is 89.2 cm³/mol. The van der Waals surface area contributed by atoms with E-state index in [4.69, 9.17) is 0 Å². The van der Waals surface area contributed by atoms with Crippen molar-refractivity contribution in [2.24, 2.45) is 5.41 Å². The molecule has 0 N–H and O–H groups in total. The van der Waals surface area contributed by atoms with Crippen molar-refractivity contribution in [1.82, 2.24) is 9.88 Å². The summed E-state index contributed by atoms with van der Waals surface area (Å²) in [6.45, 7) is 6.66. The molecule has 0 atom stereocenters. The average molecular weight is 314 g/mol. The molecule has 0 aliphatic rings. The molecule has 0 aliphatic heterocycles. The highest BCUT2D eigenvalue weighted by Crippen LogP contribution is 2.20. The zero-order valence-electron chi connectivity index (χ0n) is 13.9. The van der Waals surface area contributed by atoms with Gasteiger partial charge in [0.1, 0.15) is 5.82 Å². The van der Waals surface area contributed by atoms with E-state index in [0.717, 1.165) is 5.56 Å². The molecule has 0 saturated heterocycles. The summed E-state index contributed by atoms with van der Waals surface area (Å²) in [6, 6.07) is 10.5. The second-order valence-corrected chi connectivity index (χ2v) is 6.68. The van der Waals surface area contributed by atoms with Crippen LogP contribution in [0.4, 0.5) is 4.39 Å². The maximum absolute atomic E-state index is 13.8. The van der Waals surface area contributed by atoms with Gasteiger partial charge in [-0.2, -0.15) is 0 Å². The van der Waals surface area contributed by atoms with Crippen molar-refractivity contribution in [2.75, 3.05) is 6.54 Å². The number of aromatic nitrogens is 1. The molecule has 0 aliphatic carbocycles. The number of halogens is 1. The second-order valence-electron chi connectivity index (χ2n) is 6.68. The van der Waals surface area contributed by atoms with E-state index < -0.39 is 5.41 Å². The van der Waals surface area contributed by atoms with Crippen LogP contribution in [0.5, 0.6) is 0 Å². The van der Waals surface area contributed by atoms with Gasteiger partial charge >= 0.3 is 0 Å². The molecule has 0 radical (unpaired) electrons. The van der Waals surface area contributed by atoms with Gasteiger partial charge in [0.2, 0.25) is 5.91 Å². The monoisotopic (exact) mass is 314 g/mol. The van der Waals surface area contributed by atoms with Crippen molar-refractivity contribution in [3.05, 3.63) is 65.7 Å². The number of hydrogen-bond donors (Lipinski definition) is 0. The van der Waals surface area contributed by atoms with Gasteiger partial charge in [-0.15, -0.1) is 0 Å². The van der Waals surface area contributed by atoms with Gasteiger partial charge in [0.05, 0.1) is 0 Å². The largest absolute Gasteiger partial charge is 0.338 e. The number of rotatable bonds is 5. The minimum absolute atomic E-state index is 0.0534. The predicted octanol–water partition coefficient (Wildman–Crippen LogP) is 3.84. The van der Waals surface area contributed by atoms with Gasteiger partial charge in [-0.3, -0.25) is 9.78 Å². The zero-order valence-corrected chi connectivity index (χ0v) is 13.9. The Morgan fingerprint density at radius 1 is 1.17 bits per heavy atom. The minimum atomic E-state index is -0.475. The molecule has 0 fully saturated rings. The Morgan fingerprint density at radius 2 is 1.91 bits per heavy atom. The summed E-state index contributed by atoms with van der Waals surface area (Å²) in [4.78, 5) is 18.6. The second kappa shape index (κ2) is 7.36. The zero-order chi connectivity index (χ0) is 16.9. The molecule has 1 aromatic carbocycles. The van der Waals surface area contributed by atoms with Crippen molar-refractivity contribution in [1.29, 1.82) is 0 Å². The Balaban J connectivity index is 2.13. The molecule has 1 heterocycles. The lowest BCUT2D eigenvalue weighted by Gasteiger charge is -2.29. The molecular formula is C19H23FN2O. The number of amides is 1. The van der Waals surface area contributed by atoms with E-state index in [0.29, 0.717) is 25.1 Å². The van der Waals surface area contributed by atoms with Gasteiger partial charge in [0, 0.05) is 30.9 Å². The van der Waals surface area contributed by atoms with Crippen molar-refractivity contribution in [3.63, 3.8) is 0 Å². The number of carbonyl (C=O) groups excluding carboxylic acids is 1. The first kappa shape index (κ1) is 17.1. The minimum Gasteiger partial charge on any atom is -0.338 e. The fraction of sp³-hybridized carbons (Fsp3) is 0.368. The fourth-order valence-electron chi connectivity index (χ4n) is 2.40. The molecule has 0 saturated carbocycles. The van der Waals surface area contributed by atoms with Gasteiger partial charge in [-0.05, 0) is 29.7 Å². The van der Waals surface area contributed by atoms with Crippen LogP contribution in [0.25, 0.3) is 0 Å². The molecule has 23 heavy (non-hydrogen) atoms. The molecule has 0 bridgehead atoms. The molecule has 122 valence electrons. The molecule has 2 aromatic rings. The van der Waals surface area contributed by atoms with E-state index in [1.807, 2.05) is 39.0 Å². The fourth-order valence-corrected chi connectivity index (χ4v) is 2.40. The third-order valence-corrected chi connectivity index (χ3v) is 3.63. The highest BCUT2D eigenvalue weighted by atomic mass is 19.1. The van der Waals surface area contributed by atoms with E-state index in [9.17, 15) is 9.18 Å². The molecule has 1 amide bonds. The average Bonchev–Trinajstić information content (AvgIpc) is 2.52. The summed E-state index contributed by atoms with van der Waals surface area (Å²) >= 11 is 0. The maximum atomic E-state index is 13.8. The summed E-state index contributed by atoms with van der Waals surface area (Å²) in [6.07, 6.45) is 3.96. The Bertz CT molecular complexity index is 650. The van der Waals surface area contributed by atoms with Crippen LogP contribution in [0.15, 0.2) is 48.8 Å². The number of nitrogens with zero attached hydrogens (tertiary/aromatic N) is 2. The SMILES string of the molecule is CC(C)(C)C(=O)N(CCc1ccccc1F)Cc1cccnc1. The molecule has 0 spiro atoms. The van der Waals surface area contributed by atoms with Crippen molar-refractivity contribution in [2.45, 2.75) is 33.7 Å². The summed E-state index contributed by atoms with van der Waals surface area (Å²) in [5, 5.41) is 0. The molecule has 4 heteroatoms. The van der Waals surface area contributed by atoms with E-state index in [2.05, 4.69) is 4.98 Å². The van der Waals surface area contributed by atoms with Crippen LogP contribution >= 0.6 is 0 Å². The van der Waals surface area contributed by atoms with E-state index in [1.165, 1.54) is 6.07 Å². The van der Waals surface area contributed by atoms with Gasteiger partial charge < -0.3 is 4.90 Å². The Kier molecular flexibility index (Phi) is 5.48. The lowest BCUT2D eigenvalue weighted by Crippen LogP contribution is -2.40. The molecular weight excluding hydrogens is 291 g/mol.